The van der Waals surface area contributed by atoms with Gasteiger partial charge in [0.25, 0.3) is 0 Å². The zero-order valence-electron chi connectivity index (χ0n) is 21.7. The van der Waals surface area contributed by atoms with Crippen LogP contribution in [0.4, 0.5) is 11.5 Å². The number of nitrogens with zero attached hydrogens (tertiary/aromatic N) is 6. The molecular weight excluding hydrogens is 422 g/mol. The minimum Gasteiger partial charge on any atom is -0.382 e. The van der Waals surface area contributed by atoms with Crippen molar-refractivity contribution in [1.29, 1.82) is 0 Å². The zero-order chi connectivity index (χ0) is 24.1. The highest BCUT2D eigenvalue weighted by atomic mass is 15.3. The van der Waals surface area contributed by atoms with Gasteiger partial charge in [-0.1, -0.05) is 20.3 Å². The number of benzene rings is 1. The number of imidazole rings is 1. The van der Waals surface area contributed by atoms with Gasteiger partial charge in [-0.15, -0.1) is 0 Å². The molecule has 0 radical (unpaired) electrons. The predicted molar refractivity (Wildman–Crippen MR) is 145 cm³/mol. The van der Waals surface area contributed by atoms with Crippen molar-refractivity contribution >= 4 is 33.4 Å². The highest BCUT2D eigenvalue weighted by molar-refractivity contribution is 6.07. The SMILES string of the molecule is CCCCc1nc2c(N)nc3ccc(N4CCN(CCC)CC4)cc3c2n1CCCCN(C)C. The maximum Gasteiger partial charge on any atom is 0.152 e. The van der Waals surface area contributed by atoms with Gasteiger partial charge in [-0.2, -0.15) is 0 Å². The zero-order valence-corrected chi connectivity index (χ0v) is 21.7. The van der Waals surface area contributed by atoms with Gasteiger partial charge in [0.1, 0.15) is 11.3 Å². The van der Waals surface area contributed by atoms with E-state index in [0.717, 1.165) is 81.8 Å². The number of anilines is 2. The Morgan fingerprint density at radius 2 is 1.74 bits per heavy atom. The van der Waals surface area contributed by atoms with Crippen LogP contribution in [0.3, 0.4) is 0 Å². The Kier molecular flexibility index (Phi) is 8.27. The van der Waals surface area contributed by atoms with Crippen LogP contribution in [0.1, 0.15) is 51.8 Å². The van der Waals surface area contributed by atoms with Gasteiger partial charge in [0.15, 0.2) is 5.82 Å². The number of nitrogens with two attached hydrogens (primary N) is 1. The van der Waals surface area contributed by atoms with Crippen LogP contribution >= 0.6 is 0 Å². The van der Waals surface area contributed by atoms with Crippen molar-refractivity contribution in [3.63, 3.8) is 0 Å². The largest absolute Gasteiger partial charge is 0.382 e. The monoisotopic (exact) mass is 465 g/mol. The third kappa shape index (κ3) is 5.47. The normalized spacial score (nSPS) is 15.3. The van der Waals surface area contributed by atoms with Crippen molar-refractivity contribution in [1.82, 2.24) is 24.3 Å². The molecule has 0 spiro atoms. The molecule has 3 heterocycles. The van der Waals surface area contributed by atoms with Gasteiger partial charge in [-0.05, 0) is 71.1 Å². The summed E-state index contributed by atoms with van der Waals surface area (Å²) in [6.45, 7) is 12.2. The quantitative estimate of drug-likeness (QED) is 0.424. The Hall–Kier alpha value is -2.38. The smallest absolute Gasteiger partial charge is 0.152 e. The molecule has 7 nitrogen and oxygen atoms in total. The second-order valence-electron chi connectivity index (χ2n) is 10.0. The fourth-order valence-electron chi connectivity index (χ4n) is 5.15. The molecule has 7 heteroatoms. The summed E-state index contributed by atoms with van der Waals surface area (Å²) in [5, 5.41) is 1.18. The number of pyridine rings is 1. The predicted octanol–water partition coefficient (Wildman–Crippen LogP) is 4.38. The van der Waals surface area contributed by atoms with Gasteiger partial charge >= 0.3 is 0 Å². The molecule has 1 aromatic carbocycles. The minimum absolute atomic E-state index is 0.549. The Bertz CT molecular complexity index is 1080. The molecule has 0 bridgehead atoms. The van der Waals surface area contributed by atoms with Crippen LogP contribution in [-0.2, 0) is 13.0 Å². The van der Waals surface area contributed by atoms with Crippen molar-refractivity contribution in [3.05, 3.63) is 24.0 Å². The highest BCUT2D eigenvalue weighted by Gasteiger charge is 2.20. The van der Waals surface area contributed by atoms with E-state index in [1.807, 2.05) is 0 Å². The summed E-state index contributed by atoms with van der Waals surface area (Å²) in [7, 11) is 4.28. The lowest BCUT2D eigenvalue weighted by atomic mass is 10.1. The molecule has 1 aliphatic heterocycles. The van der Waals surface area contributed by atoms with E-state index in [2.05, 4.69) is 65.4 Å². The minimum atomic E-state index is 0.549. The molecule has 4 rings (SSSR count). The van der Waals surface area contributed by atoms with Crippen LogP contribution in [0, 0.1) is 0 Å². The molecule has 0 unspecified atom stereocenters. The van der Waals surface area contributed by atoms with Crippen molar-refractivity contribution < 1.29 is 0 Å². The molecule has 1 aliphatic rings. The van der Waals surface area contributed by atoms with Crippen LogP contribution < -0.4 is 10.6 Å². The summed E-state index contributed by atoms with van der Waals surface area (Å²) in [6.07, 6.45) is 6.81. The van der Waals surface area contributed by atoms with E-state index in [1.54, 1.807) is 0 Å². The fraction of sp³-hybridized carbons (Fsp3) is 0.630. The second-order valence-corrected chi connectivity index (χ2v) is 10.0. The lowest BCUT2D eigenvalue weighted by molar-refractivity contribution is 0.258. The first-order valence-corrected chi connectivity index (χ1v) is 13.2. The first-order chi connectivity index (χ1) is 16.5. The van der Waals surface area contributed by atoms with E-state index in [0.29, 0.717) is 5.82 Å². The molecular formula is C27H43N7. The van der Waals surface area contributed by atoms with Gasteiger partial charge in [0, 0.05) is 50.2 Å². The van der Waals surface area contributed by atoms with Crippen LogP contribution in [-0.4, -0.2) is 77.7 Å². The van der Waals surface area contributed by atoms with Crippen molar-refractivity contribution in [2.24, 2.45) is 0 Å². The topological polar surface area (TPSA) is 66.5 Å². The van der Waals surface area contributed by atoms with E-state index in [9.17, 15) is 0 Å². The van der Waals surface area contributed by atoms with Gasteiger partial charge in [-0.3, -0.25) is 4.90 Å². The van der Waals surface area contributed by atoms with Crippen LogP contribution in [0.25, 0.3) is 21.9 Å². The number of piperazine rings is 1. The molecule has 2 N–H and O–H groups in total. The number of fused-ring (bicyclic) bond motifs is 3. The molecule has 0 atom stereocenters. The second kappa shape index (κ2) is 11.4. The highest BCUT2D eigenvalue weighted by Crippen LogP contribution is 2.32. The summed E-state index contributed by atoms with van der Waals surface area (Å²) in [4.78, 5) is 17.1. The first kappa shape index (κ1) is 24.7. The van der Waals surface area contributed by atoms with Gasteiger partial charge in [-0.25, -0.2) is 9.97 Å². The van der Waals surface area contributed by atoms with Crippen molar-refractivity contribution in [2.75, 3.05) is 64.0 Å². The average molecular weight is 466 g/mol. The standard InChI is InChI=1S/C27H43N7/c1-5-7-10-24-30-25-26(34(24)15-9-8-14-31(3)4)22-20-21(11-12-23(22)29-27(25)28)33-18-16-32(13-6-2)17-19-33/h11-12,20H,5-10,13-19H2,1-4H3,(H2,28,29). The molecule has 3 aromatic rings. The molecule has 0 amide bonds. The van der Waals surface area contributed by atoms with E-state index in [1.165, 1.54) is 36.0 Å². The summed E-state index contributed by atoms with van der Waals surface area (Å²) < 4.78 is 2.45. The summed E-state index contributed by atoms with van der Waals surface area (Å²) in [5.74, 6) is 1.70. The molecule has 2 aromatic heterocycles. The molecule has 1 fully saturated rings. The van der Waals surface area contributed by atoms with Gasteiger partial charge in [0.05, 0.1) is 11.0 Å². The third-order valence-corrected chi connectivity index (χ3v) is 7.03. The summed E-state index contributed by atoms with van der Waals surface area (Å²) >= 11 is 0. The lowest BCUT2D eigenvalue weighted by Gasteiger charge is -2.36. The first-order valence-electron chi connectivity index (χ1n) is 13.2. The number of nitrogen functional groups attached to an aromatic ring is 1. The van der Waals surface area contributed by atoms with E-state index in [-0.39, 0.29) is 0 Å². The number of aryl methyl sites for hydroxylation is 2. The maximum atomic E-state index is 6.44. The number of hydrogen-bond donors (Lipinski definition) is 1. The van der Waals surface area contributed by atoms with E-state index in [4.69, 9.17) is 15.7 Å². The number of aromatic nitrogens is 3. The van der Waals surface area contributed by atoms with Gasteiger partial charge in [0.2, 0.25) is 0 Å². The third-order valence-electron chi connectivity index (χ3n) is 7.03. The van der Waals surface area contributed by atoms with Crippen LogP contribution in [0.2, 0.25) is 0 Å². The Morgan fingerprint density at radius 1 is 0.941 bits per heavy atom. The molecule has 34 heavy (non-hydrogen) atoms. The molecule has 0 aliphatic carbocycles. The van der Waals surface area contributed by atoms with Crippen LogP contribution in [0.5, 0.6) is 0 Å². The average Bonchev–Trinajstić information content (AvgIpc) is 3.20. The molecule has 1 saturated heterocycles. The number of hydrogen-bond acceptors (Lipinski definition) is 6. The van der Waals surface area contributed by atoms with Crippen molar-refractivity contribution in [3.8, 4) is 0 Å². The molecule has 0 saturated carbocycles. The summed E-state index contributed by atoms with van der Waals surface area (Å²) in [5.41, 5.74) is 10.7. The lowest BCUT2D eigenvalue weighted by Crippen LogP contribution is -2.46. The van der Waals surface area contributed by atoms with Gasteiger partial charge < -0.3 is 20.1 Å². The Balaban J connectivity index is 1.71. The molecule has 186 valence electrons. The number of unbranched alkanes of at least 4 members (excludes halogenated alkanes) is 2. The Labute approximate surface area is 204 Å². The summed E-state index contributed by atoms with van der Waals surface area (Å²) in [6, 6.07) is 6.70. The fourth-order valence-corrected chi connectivity index (χ4v) is 5.15. The van der Waals surface area contributed by atoms with Crippen molar-refractivity contribution in [2.45, 2.75) is 58.9 Å². The van der Waals surface area contributed by atoms with Crippen LogP contribution in [0.15, 0.2) is 18.2 Å². The number of rotatable bonds is 11. The van der Waals surface area contributed by atoms with E-state index >= 15 is 0 Å². The maximum absolute atomic E-state index is 6.44. The Morgan fingerprint density at radius 3 is 2.44 bits per heavy atom. The van der Waals surface area contributed by atoms with E-state index < -0.39 is 0 Å².